The highest BCUT2D eigenvalue weighted by Gasteiger charge is 2.30. The zero-order valence-electron chi connectivity index (χ0n) is 15.8. The van der Waals surface area contributed by atoms with Gasteiger partial charge in [0.2, 0.25) is 11.8 Å². The summed E-state index contributed by atoms with van der Waals surface area (Å²) >= 11 is 1.53. The predicted octanol–water partition coefficient (Wildman–Crippen LogP) is 3.05. The first-order valence-corrected chi connectivity index (χ1v) is 10.4. The summed E-state index contributed by atoms with van der Waals surface area (Å²) in [6.07, 6.45) is 2.24. The molecule has 2 aromatic rings. The summed E-state index contributed by atoms with van der Waals surface area (Å²) in [4.78, 5) is 38.8. The Bertz CT molecular complexity index is 924. The number of nitrogens with zero attached hydrogens (tertiary/aromatic N) is 1. The topological polar surface area (TPSA) is 90.5 Å². The minimum Gasteiger partial charge on any atom is -0.326 e. The van der Waals surface area contributed by atoms with Crippen molar-refractivity contribution in [3.8, 4) is 0 Å². The van der Waals surface area contributed by atoms with Gasteiger partial charge in [-0.2, -0.15) is 11.8 Å². The van der Waals surface area contributed by atoms with E-state index in [-0.39, 0.29) is 18.1 Å². The van der Waals surface area contributed by atoms with Crippen molar-refractivity contribution in [2.45, 2.75) is 12.5 Å². The number of anilines is 3. The van der Waals surface area contributed by atoms with Crippen molar-refractivity contribution < 1.29 is 18.8 Å². The van der Waals surface area contributed by atoms with Crippen molar-refractivity contribution in [3.63, 3.8) is 0 Å². The summed E-state index contributed by atoms with van der Waals surface area (Å²) in [6, 6.07) is 11.3. The van der Waals surface area contributed by atoms with Gasteiger partial charge in [-0.1, -0.05) is 24.3 Å². The molecule has 2 aromatic carbocycles. The van der Waals surface area contributed by atoms with E-state index in [1.807, 2.05) is 6.26 Å². The van der Waals surface area contributed by atoms with Crippen LogP contribution < -0.4 is 20.9 Å². The Kier molecular flexibility index (Phi) is 6.71. The lowest BCUT2D eigenvalue weighted by Gasteiger charge is -2.30. The fourth-order valence-corrected chi connectivity index (χ4v) is 3.40. The summed E-state index contributed by atoms with van der Waals surface area (Å²) in [5, 5.41) is 7.91. The first kappa shape index (κ1) is 20.7. The number of nitrogens with one attached hydrogen (secondary N) is 3. The molecule has 0 saturated carbocycles. The molecule has 0 unspecified atom stereocenters. The summed E-state index contributed by atoms with van der Waals surface area (Å²) < 4.78 is 13.9. The third kappa shape index (κ3) is 5.05. The fourth-order valence-electron chi connectivity index (χ4n) is 2.93. The van der Waals surface area contributed by atoms with Gasteiger partial charge < -0.3 is 16.0 Å². The standard InChI is InChI=1S/C20H21FN4O3S/c1-29-11-10-16(19(27)23-14-7-3-2-6-13(14)21)24-20(28)25-12-18(26)22-15-8-4-5-9-17(15)25/h2-9,16H,10-12H2,1H3,(H,22,26)(H,23,27)(H,24,28)/t16-/m0/s1. The van der Waals surface area contributed by atoms with E-state index in [0.717, 1.165) is 0 Å². The SMILES string of the molecule is CSCC[C@H](NC(=O)N1CC(=O)Nc2ccccc21)C(=O)Nc1ccccc1F. The molecule has 29 heavy (non-hydrogen) atoms. The maximum Gasteiger partial charge on any atom is 0.323 e. The van der Waals surface area contributed by atoms with Gasteiger partial charge in [0.05, 0.1) is 17.1 Å². The molecule has 0 aromatic heterocycles. The molecule has 3 N–H and O–H groups in total. The number of urea groups is 1. The molecule has 0 saturated heterocycles. The smallest absolute Gasteiger partial charge is 0.323 e. The van der Waals surface area contributed by atoms with E-state index in [2.05, 4.69) is 16.0 Å². The second-order valence-corrected chi connectivity index (χ2v) is 7.39. The Morgan fingerprint density at radius 2 is 1.93 bits per heavy atom. The summed E-state index contributed by atoms with van der Waals surface area (Å²) in [6.45, 7) is -0.160. The zero-order chi connectivity index (χ0) is 20.8. The third-order valence-electron chi connectivity index (χ3n) is 4.37. The molecule has 0 spiro atoms. The Balaban J connectivity index is 1.76. The molecule has 1 aliphatic heterocycles. The monoisotopic (exact) mass is 416 g/mol. The van der Waals surface area contributed by atoms with Gasteiger partial charge in [-0.25, -0.2) is 9.18 Å². The number of halogens is 1. The summed E-state index contributed by atoms with van der Waals surface area (Å²) in [5.41, 5.74) is 1.11. The van der Waals surface area contributed by atoms with Crippen LogP contribution in [0.2, 0.25) is 0 Å². The van der Waals surface area contributed by atoms with Crippen molar-refractivity contribution in [3.05, 3.63) is 54.3 Å². The highest BCUT2D eigenvalue weighted by atomic mass is 32.2. The first-order valence-electron chi connectivity index (χ1n) is 9.01. The van der Waals surface area contributed by atoms with Crippen LogP contribution in [0, 0.1) is 5.82 Å². The normalized spacial score (nSPS) is 13.9. The molecule has 4 amide bonds. The fraction of sp³-hybridized carbons (Fsp3) is 0.250. The van der Waals surface area contributed by atoms with Crippen LogP contribution in [0.25, 0.3) is 0 Å². The Morgan fingerprint density at radius 3 is 2.69 bits per heavy atom. The van der Waals surface area contributed by atoms with Gasteiger partial charge >= 0.3 is 6.03 Å². The Labute approximate surface area is 172 Å². The van der Waals surface area contributed by atoms with E-state index in [9.17, 15) is 18.8 Å². The molecule has 1 atom stereocenters. The van der Waals surface area contributed by atoms with E-state index in [4.69, 9.17) is 0 Å². The number of thioether (sulfide) groups is 1. The summed E-state index contributed by atoms with van der Waals surface area (Å²) in [5.74, 6) is -0.785. The van der Waals surface area contributed by atoms with Gasteiger partial charge in [0.15, 0.2) is 0 Å². The first-order chi connectivity index (χ1) is 14.0. The van der Waals surface area contributed by atoms with Gasteiger partial charge in [0.1, 0.15) is 18.4 Å². The van der Waals surface area contributed by atoms with Crippen LogP contribution in [0.3, 0.4) is 0 Å². The molecule has 152 valence electrons. The number of para-hydroxylation sites is 3. The zero-order valence-corrected chi connectivity index (χ0v) is 16.6. The van der Waals surface area contributed by atoms with E-state index < -0.39 is 23.8 Å². The molecular formula is C20H21FN4O3S. The largest absolute Gasteiger partial charge is 0.326 e. The van der Waals surface area contributed by atoms with Crippen molar-refractivity contribution in [1.82, 2.24) is 5.32 Å². The minimum absolute atomic E-state index is 0.0450. The van der Waals surface area contributed by atoms with Gasteiger partial charge in [-0.15, -0.1) is 0 Å². The number of fused-ring (bicyclic) bond motifs is 1. The molecule has 0 fully saturated rings. The van der Waals surface area contributed by atoms with Crippen LogP contribution in [0.1, 0.15) is 6.42 Å². The molecule has 7 nitrogen and oxygen atoms in total. The van der Waals surface area contributed by atoms with Crippen LogP contribution in [0.5, 0.6) is 0 Å². The van der Waals surface area contributed by atoms with Gasteiger partial charge in [0, 0.05) is 0 Å². The molecule has 1 heterocycles. The Hall–Kier alpha value is -3.07. The van der Waals surface area contributed by atoms with Crippen LogP contribution in [-0.2, 0) is 9.59 Å². The molecule has 0 bridgehead atoms. The molecule has 0 radical (unpaired) electrons. The van der Waals surface area contributed by atoms with Crippen molar-refractivity contribution in [2.24, 2.45) is 0 Å². The lowest BCUT2D eigenvalue weighted by molar-refractivity contribution is -0.118. The molecular weight excluding hydrogens is 395 g/mol. The van der Waals surface area contributed by atoms with Crippen LogP contribution in [0.15, 0.2) is 48.5 Å². The molecule has 1 aliphatic rings. The third-order valence-corrected chi connectivity index (χ3v) is 5.02. The number of carbonyl (C=O) groups is 3. The number of carbonyl (C=O) groups excluding carboxylic acids is 3. The van der Waals surface area contributed by atoms with E-state index in [1.54, 1.807) is 30.3 Å². The van der Waals surface area contributed by atoms with Crippen molar-refractivity contribution in [1.29, 1.82) is 0 Å². The highest BCUT2D eigenvalue weighted by Crippen LogP contribution is 2.28. The maximum atomic E-state index is 13.9. The van der Waals surface area contributed by atoms with Crippen LogP contribution >= 0.6 is 11.8 Å². The lowest BCUT2D eigenvalue weighted by Crippen LogP contribution is -2.53. The molecule has 3 rings (SSSR count). The second-order valence-electron chi connectivity index (χ2n) is 6.40. The van der Waals surface area contributed by atoms with Gasteiger partial charge in [0.25, 0.3) is 0 Å². The number of hydrogen-bond acceptors (Lipinski definition) is 4. The number of amides is 4. The van der Waals surface area contributed by atoms with Crippen molar-refractivity contribution >= 4 is 46.7 Å². The van der Waals surface area contributed by atoms with Gasteiger partial charge in [-0.05, 0) is 42.7 Å². The number of benzene rings is 2. The van der Waals surface area contributed by atoms with Crippen LogP contribution in [0.4, 0.5) is 26.2 Å². The van der Waals surface area contributed by atoms with E-state index >= 15 is 0 Å². The average molecular weight is 416 g/mol. The van der Waals surface area contributed by atoms with Gasteiger partial charge in [-0.3, -0.25) is 14.5 Å². The molecule has 9 heteroatoms. The second kappa shape index (κ2) is 9.42. The predicted molar refractivity (Wildman–Crippen MR) is 113 cm³/mol. The summed E-state index contributed by atoms with van der Waals surface area (Å²) in [7, 11) is 0. The van der Waals surface area contributed by atoms with E-state index in [1.165, 1.54) is 34.9 Å². The number of rotatable bonds is 6. The number of hydrogen-bond donors (Lipinski definition) is 3. The minimum atomic E-state index is -0.883. The van der Waals surface area contributed by atoms with Crippen molar-refractivity contribution in [2.75, 3.05) is 34.1 Å². The highest BCUT2D eigenvalue weighted by molar-refractivity contribution is 7.98. The van der Waals surface area contributed by atoms with Crippen LogP contribution in [-0.4, -0.2) is 42.4 Å². The Morgan fingerprint density at radius 1 is 1.21 bits per heavy atom. The maximum absolute atomic E-state index is 13.9. The molecule has 0 aliphatic carbocycles. The lowest BCUT2D eigenvalue weighted by atomic mass is 10.2. The average Bonchev–Trinajstić information content (AvgIpc) is 2.71. The van der Waals surface area contributed by atoms with E-state index in [0.29, 0.717) is 23.5 Å². The quantitative estimate of drug-likeness (QED) is 0.675.